The number of anilines is 1. The molecule has 1 aromatic rings. The molecule has 3 amide bonds. The molecular formula is C19H23N3O2. The molecule has 1 aromatic carbocycles. The SMILES string of the molecule is CN1C(=O)Cc2cc(CNC(=O)N3C[C@H]4CC=CC[C@H]4C3)ccc21. The molecule has 126 valence electrons. The lowest BCUT2D eigenvalue weighted by molar-refractivity contribution is -0.117. The molecule has 1 fully saturated rings. The fourth-order valence-electron chi connectivity index (χ4n) is 4.10. The van der Waals surface area contributed by atoms with E-state index >= 15 is 0 Å². The Hall–Kier alpha value is -2.30. The summed E-state index contributed by atoms with van der Waals surface area (Å²) >= 11 is 0. The van der Waals surface area contributed by atoms with Gasteiger partial charge in [0.25, 0.3) is 0 Å². The molecule has 2 atom stereocenters. The van der Waals surface area contributed by atoms with E-state index in [-0.39, 0.29) is 11.9 Å². The molecule has 24 heavy (non-hydrogen) atoms. The molecule has 1 N–H and O–H groups in total. The Bertz CT molecular complexity index is 697. The first-order valence-electron chi connectivity index (χ1n) is 8.68. The van der Waals surface area contributed by atoms with Crippen molar-refractivity contribution in [2.24, 2.45) is 11.8 Å². The van der Waals surface area contributed by atoms with E-state index in [1.165, 1.54) is 0 Å². The van der Waals surface area contributed by atoms with Crippen LogP contribution in [0.5, 0.6) is 0 Å². The van der Waals surface area contributed by atoms with Crippen molar-refractivity contribution in [1.82, 2.24) is 10.2 Å². The van der Waals surface area contributed by atoms with E-state index in [2.05, 4.69) is 17.5 Å². The summed E-state index contributed by atoms with van der Waals surface area (Å²) in [7, 11) is 1.80. The van der Waals surface area contributed by atoms with E-state index in [0.717, 1.165) is 42.7 Å². The van der Waals surface area contributed by atoms with Gasteiger partial charge in [-0.05, 0) is 41.9 Å². The lowest BCUT2D eigenvalue weighted by Gasteiger charge is -2.17. The molecule has 2 heterocycles. The minimum absolute atomic E-state index is 0.0260. The second-order valence-electron chi connectivity index (χ2n) is 7.12. The first-order chi connectivity index (χ1) is 11.6. The maximum atomic E-state index is 12.4. The maximum Gasteiger partial charge on any atom is 0.317 e. The predicted molar refractivity (Wildman–Crippen MR) is 92.7 cm³/mol. The Morgan fingerprint density at radius 2 is 1.92 bits per heavy atom. The number of likely N-dealkylation sites (N-methyl/N-ethyl adjacent to an activating group) is 1. The van der Waals surface area contributed by atoms with Gasteiger partial charge in [-0.15, -0.1) is 0 Å². The molecule has 3 aliphatic rings. The number of carbonyl (C=O) groups is 2. The van der Waals surface area contributed by atoms with Gasteiger partial charge in [0.1, 0.15) is 0 Å². The molecule has 0 bridgehead atoms. The van der Waals surface area contributed by atoms with Crippen LogP contribution < -0.4 is 10.2 Å². The first-order valence-corrected chi connectivity index (χ1v) is 8.68. The largest absolute Gasteiger partial charge is 0.334 e. The molecule has 1 aliphatic carbocycles. The van der Waals surface area contributed by atoms with Crippen LogP contribution in [0.1, 0.15) is 24.0 Å². The second kappa shape index (κ2) is 5.96. The molecule has 4 rings (SSSR count). The van der Waals surface area contributed by atoms with Crippen LogP contribution in [0.25, 0.3) is 0 Å². The number of hydrogen-bond acceptors (Lipinski definition) is 2. The van der Waals surface area contributed by atoms with Gasteiger partial charge in [-0.3, -0.25) is 4.79 Å². The fourth-order valence-corrected chi connectivity index (χ4v) is 4.10. The van der Waals surface area contributed by atoms with Crippen LogP contribution in [-0.4, -0.2) is 37.0 Å². The topological polar surface area (TPSA) is 52.7 Å². The monoisotopic (exact) mass is 325 g/mol. The average Bonchev–Trinajstić information content (AvgIpc) is 3.14. The zero-order valence-electron chi connectivity index (χ0n) is 14.0. The summed E-state index contributed by atoms with van der Waals surface area (Å²) in [5, 5.41) is 3.03. The van der Waals surface area contributed by atoms with Gasteiger partial charge in [-0.2, -0.15) is 0 Å². The van der Waals surface area contributed by atoms with Crippen molar-refractivity contribution in [1.29, 1.82) is 0 Å². The zero-order valence-corrected chi connectivity index (χ0v) is 14.0. The molecule has 0 aromatic heterocycles. The van der Waals surface area contributed by atoms with Crippen LogP contribution >= 0.6 is 0 Å². The van der Waals surface area contributed by atoms with Gasteiger partial charge >= 0.3 is 6.03 Å². The van der Waals surface area contributed by atoms with Gasteiger partial charge in [0.15, 0.2) is 0 Å². The molecule has 1 saturated heterocycles. The van der Waals surface area contributed by atoms with Gasteiger partial charge in [0.2, 0.25) is 5.91 Å². The van der Waals surface area contributed by atoms with Crippen molar-refractivity contribution in [2.45, 2.75) is 25.8 Å². The Balaban J connectivity index is 1.35. The highest BCUT2D eigenvalue weighted by atomic mass is 16.2. The number of allylic oxidation sites excluding steroid dienone is 2. The molecule has 5 heteroatoms. The van der Waals surface area contributed by atoms with Gasteiger partial charge in [0.05, 0.1) is 6.42 Å². The van der Waals surface area contributed by atoms with Crippen molar-refractivity contribution < 1.29 is 9.59 Å². The third kappa shape index (κ3) is 2.68. The van der Waals surface area contributed by atoms with E-state index in [9.17, 15) is 9.59 Å². The van der Waals surface area contributed by atoms with E-state index in [1.807, 2.05) is 23.1 Å². The fraction of sp³-hybridized carbons (Fsp3) is 0.474. The number of benzene rings is 1. The van der Waals surface area contributed by atoms with Crippen LogP contribution in [0.2, 0.25) is 0 Å². The Morgan fingerprint density at radius 3 is 2.62 bits per heavy atom. The average molecular weight is 325 g/mol. The Kier molecular flexibility index (Phi) is 3.79. The number of fused-ring (bicyclic) bond motifs is 2. The summed E-state index contributed by atoms with van der Waals surface area (Å²) in [6.45, 7) is 2.24. The number of likely N-dealkylation sites (tertiary alicyclic amines) is 1. The van der Waals surface area contributed by atoms with Gasteiger partial charge < -0.3 is 15.1 Å². The number of urea groups is 1. The molecule has 0 radical (unpaired) electrons. The Labute approximate surface area is 142 Å². The third-order valence-electron chi connectivity index (χ3n) is 5.57. The molecule has 0 saturated carbocycles. The number of amides is 3. The van der Waals surface area contributed by atoms with Crippen LogP contribution in [0, 0.1) is 11.8 Å². The smallest absolute Gasteiger partial charge is 0.317 e. The summed E-state index contributed by atoms with van der Waals surface area (Å²) in [4.78, 5) is 27.8. The number of hydrogen-bond donors (Lipinski definition) is 1. The Morgan fingerprint density at radius 1 is 1.21 bits per heavy atom. The highest BCUT2D eigenvalue weighted by Crippen LogP contribution is 2.32. The van der Waals surface area contributed by atoms with Crippen molar-refractivity contribution in [3.8, 4) is 0 Å². The summed E-state index contributed by atoms with van der Waals surface area (Å²) in [5.74, 6) is 1.38. The van der Waals surface area contributed by atoms with E-state index < -0.39 is 0 Å². The standard InChI is InChI=1S/C19H23N3O2/c1-21-17-7-6-13(8-16(17)9-18(21)23)10-20-19(24)22-11-14-4-2-3-5-15(14)12-22/h2-3,6-8,14-15H,4-5,9-12H2,1H3,(H,20,24)/t14-,15+. The third-order valence-corrected chi connectivity index (χ3v) is 5.57. The van der Waals surface area contributed by atoms with Gasteiger partial charge in [-0.1, -0.05) is 24.3 Å². The molecular weight excluding hydrogens is 302 g/mol. The zero-order chi connectivity index (χ0) is 16.7. The van der Waals surface area contributed by atoms with Gasteiger partial charge in [0, 0.05) is 32.4 Å². The minimum atomic E-state index is 0.0260. The van der Waals surface area contributed by atoms with Crippen LogP contribution in [0.3, 0.4) is 0 Å². The highest BCUT2D eigenvalue weighted by Gasteiger charge is 2.35. The number of rotatable bonds is 2. The van der Waals surface area contributed by atoms with Crippen LogP contribution in [0.4, 0.5) is 10.5 Å². The lowest BCUT2D eigenvalue weighted by atomic mass is 9.86. The first kappa shape index (κ1) is 15.2. The van der Waals surface area contributed by atoms with Gasteiger partial charge in [-0.25, -0.2) is 4.79 Å². The summed E-state index contributed by atoms with van der Waals surface area (Å²) in [6, 6.07) is 6.02. The van der Waals surface area contributed by atoms with Crippen LogP contribution in [0.15, 0.2) is 30.4 Å². The highest BCUT2D eigenvalue weighted by molar-refractivity contribution is 6.00. The number of nitrogens with zero attached hydrogens (tertiary/aromatic N) is 2. The maximum absolute atomic E-state index is 12.4. The van der Waals surface area contributed by atoms with Crippen molar-refractivity contribution in [2.75, 3.05) is 25.0 Å². The lowest BCUT2D eigenvalue weighted by Crippen LogP contribution is -2.38. The van der Waals surface area contributed by atoms with Crippen molar-refractivity contribution in [3.63, 3.8) is 0 Å². The van der Waals surface area contributed by atoms with Crippen molar-refractivity contribution >= 4 is 17.6 Å². The molecule has 2 aliphatic heterocycles. The minimum Gasteiger partial charge on any atom is -0.334 e. The normalized spacial score (nSPS) is 25.0. The quantitative estimate of drug-likeness (QED) is 0.849. The van der Waals surface area contributed by atoms with E-state index in [0.29, 0.717) is 24.8 Å². The van der Waals surface area contributed by atoms with Crippen molar-refractivity contribution in [3.05, 3.63) is 41.5 Å². The summed E-state index contributed by atoms with van der Waals surface area (Å²) < 4.78 is 0. The molecule has 5 nitrogen and oxygen atoms in total. The summed E-state index contributed by atoms with van der Waals surface area (Å²) in [5.41, 5.74) is 3.07. The van der Waals surface area contributed by atoms with E-state index in [1.54, 1.807) is 11.9 Å². The number of nitrogens with one attached hydrogen (secondary N) is 1. The molecule has 0 spiro atoms. The van der Waals surface area contributed by atoms with E-state index in [4.69, 9.17) is 0 Å². The predicted octanol–water partition coefficient (Wildman–Crippen LogP) is 2.31. The molecule has 0 unspecified atom stereocenters. The summed E-state index contributed by atoms with van der Waals surface area (Å²) in [6.07, 6.45) is 7.13. The second-order valence-corrected chi connectivity index (χ2v) is 7.12. The number of carbonyl (C=O) groups excluding carboxylic acids is 2. The van der Waals surface area contributed by atoms with Crippen LogP contribution in [-0.2, 0) is 17.8 Å².